The lowest BCUT2D eigenvalue weighted by molar-refractivity contribution is 0.0356. The molecule has 2 heterocycles. The second-order valence-corrected chi connectivity index (χ2v) is 3.80. The zero-order valence-corrected chi connectivity index (χ0v) is 8.63. The molecule has 1 amide bonds. The third kappa shape index (κ3) is 1.88. The van der Waals surface area contributed by atoms with E-state index < -0.39 is 0 Å². The van der Waals surface area contributed by atoms with Crippen molar-refractivity contribution in [2.75, 3.05) is 19.7 Å². The molecule has 0 spiro atoms. The lowest BCUT2D eigenvalue weighted by Gasteiger charge is -2.37. The number of carbonyl (C=O) groups excluding carboxylic acids is 1. The lowest BCUT2D eigenvalue weighted by atomic mass is 10.0. The average Bonchev–Trinajstić information content (AvgIpc) is 2.27. The number of rotatable bonds is 2. The molecule has 0 aromatic carbocycles. The summed E-state index contributed by atoms with van der Waals surface area (Å²) in [5.74, 6) is 0.0523. The zero-order valence-electron chi connectivity index (χ0n) is 8.63. The summed E-state index contributed by atoms with van der Waals surface area (Å²) in [5.41, 5.74) is 0.781. The summed E-state index contributed by atoms with van der Waals surface area (Å²) in [6.07, 6.45) is 1.39. The van der Waals surface area contributed by atoms with E-state index in [0.717, 1.165) is 0 Å². The molecule has 2 rings (SSSR count). The standard InChI is InChI=1S/C11H11N3O2/c12-3-8-1-2-10(13-4-8)11(16)14-5-9(6-14)7-15/h1-2,4,9,15H,5-7H2. The van der Waals surface area contributed by atoms with Crippen molar-refractivity contribution in [1.82, 2.24) is 9.88 Å². The molecule has 1 aromatic heterocycles. The van der Waals surface area contributed by atoms with Gasteiger partial charge in [0, 0.05) is 31.8 Å². The van der Waals surface area contributed by atoms with Crippen LogP contribution < -0.4 is 0 Å². The van der Waals surface area contributed by atoms with E-state index in [1.807, 2.05) is 6.07 Å². The van der Waals surface area contributed by atoms with Crippen LogP contribution in [0.4, 0.5) is 0 Å². The molecule has 1 fully saturated rings. The van der Waals surface area contributed by atoms with Crippen LogP contribution in [0, 0.1) is 17.2 Å². The Morgan fingerprint density at radius 3 is 2.88 bits per heavy atom. The van der Waals surface area contributed by atoms with Gasteiger partial charge in [-0.15, -0.1) is 0 Å². The van der Waals surface area contributed by atoms with Crippen molar-refractivity contribution in [2.45, 2.75) is 0 Å². The van der Waals surface area contributed by atoms with Crippen molar-refractivity contribution in [3.05, 3.63) is 29.6 Å². The molecule has 1 aliphatic rings. The fourth-order valence-electron chi connectivity index (χ4n) is 1.60. The van der Waals surface area contributed by atoms with Gasteiger partial charge in [0.1, 0.15) is 11.8 Å². The first-order valence-corrected chi connectivity index (χ1v) is 5.01. The van der Waals surface area contributed by atoms with Crippen LogP contribution in [0.15, 0.2) is 18.3 Å². The van der Waals surface area contributed by atoms with Gasteiger partial charge in [-0.2, -0.15) is 5.26 Å². The normalized spacial score (nSPS) is 15.4. The Bertz CT molecular complexity index is 430. The Balaban J connectivity index is 2.02. The fraction of sp³-hybridized carbons (Fsp3) is 0.364. The van der Waals surface area contributed by atoms with Gasteiger partial charge >= 0.3 is 0 Å². The van der Waals surface area contributed by atoms with Crippen LogP contribution in [0.2, 0.25) is 0 Å². The summed E-state index contributed by atoms with van der Waals surface area (Å²) in [6, 6.07) is 5.07. The van der Waals surface area contributed by atoms with Crippen LogP contribution in [-0.4, -0.2) is 40.6 Å². The van der Waals surface area contributed by atoms with Gasteiger partial charge in [-0.25, -0.2) is 4.98 Å². The van der Waals surface area contributed by atoms with Crippen LogP contribution in [-0.2, 0) is 0 Å². The van der Waals surface area contributed by atoms with E-state index in [9.17, 15) is 4.79 Å². The number of hydrogen-bond acceptors (Lipinski definition) is 4. The maximum absolute atomic E-state index is 11.8. The molecule has 1 N–H and O–H groups in total. The highest BCUT2D eigenvalue weighted by Crippen LogP contribution is 2.17. The van der Waals surface area contributed by atoms with Gasteiger partial charge in [-0.1, -0.05) is 0 Å². The lowest BCUT2D eigenvalue weighted by Crippen LogP contribution is -2.51. The number of carbonyl (C=O) groups is 1. The zero-order chi connectivity index (χ0) is 11.5. The van der Waals surface area contributed by atoms with Crippen LogP contribution in [0.3, 0.4) is 0 Å². The summed E-state index contributed by atoms with van der Waals surface area (Å²) in [4.78, 5) is 17.3. The number of nitrogens with zero attached hydrogens (tertiary/aromatic N) is 3. The van der Waals surface area contributed by atoms with Gasteiger partial charge in [0.05, 0.1) is 5.56 Å². The average molecular weight is 217 g/mol. The smallest absolute Gasteiger partial charge is 0.272 e. The van der Waals surface area contributed by atoms with Crippen LogP contribution in [0.1, 0.15) is 16.1 Å². The van der Waals surface area contributed by atoms with Gasteiger partial charge < -0.3 is 10.0 Å². The monoisotopic (exact) mass is 217 g/mol. The molecule has 5 nitrogen and oxygen atoms in total. The van der Waals surface area contributed by atoms with E-state index in [-0.39, 0.29) is 18.4 Å². The number of aliphatic hydroxyl groups excluding tert-OH is 1. The number of likely N-dealkylation sites (tertiary alicyclic amines) is 1. The highest BCUT2D eigenvalue weighted by molar-refractivity contribution is 5.92. The quantitative estimate of drug-likeness (QED) is 0.757. The Morgan fingerprint density at radius 1 is 1.62 bits per heavy atom. The summed E-state index contributed by atoms with van der Waals surface area (Å²) < 4.78 is 0. The van der Waals surface area contributed by atoms with Crippen molar-refractivity contribution in [1.29, 1.82) is 5.26 Å². The predicted octanol–water partition coefficient (Wildman–Crippen LogP) is 0.0176. The van der Waals surface area contributed by atoms with Crippen molar-refractivity contribution in [2.24, 2.45) is 5.92 Å². The molecule has 16 heavy (non-hydrogen) atoms. The molecule has 0 radical (unpaired) electrons. The third-order valence-corrected chi connectivity index (χ3v) is 2.61. The Hall–Kier alpha value is -1.93. The first-order chi connectivity index (χ1) is 7.74. The molecule has 5 heteroatoms. The first kappa shape index (κ1) is 10.6. The van der Waals surface area contributed by atoms with E-state index in [1.54, 1.807) is 17.0 Å². The van der Waals surface area contributed by atoms with Crippen molar-refractivity contribution in [3.8, 4) is 6.07 Å². The second kappa shape index (κ2) is 4.29. The first-order valence-electron chi connectivity index (χ1n) is 5.01. The SMILES string of the molecule is N#Cc1ccc(C(=O)N2CC(CO)C2)nc1. The minimum Gasteiger partial charge on any atom is -0.396 e. The molecule has 0 bridgehead atoms. The van der Waals surface area contributed by atoms with Gasteiger partial charge in [-0.3, -0.25) is 4.79 Å². The number of nitriles is 1. The Labute approximate surface area is 92.9 Å². The molecular formula is C11H11N3O2. The van der Waals surface area contributed by atoms with E-state index in [2.05, 4.69) is 4.98 Å². The topological polar surface area (TPSA) is 77.2 Å². The van der Waals surface area contributed by atoms with E-state index in [4.69, 9.17) is 10.4 Å². The summed E-state index contributed by atoms with van der Waals surface area (Å²) in [7, 11) is 0. The van der Waals surface area contributed by atoms with Crippen molar-refractivity contribution >= 4 is 5.91 Å². The number of hydrogen-bond donors (Lipinski definition) is 1. The summed E-state index contributed by atoms with van der Waals surface area (Å²) >= 11 is 0. The Kier molecular flexibility index (Phi) is 2.84. The largest absolute Gasteiger partial charge is 0.396 e. The Morgan fingerprint density at radius 2 is 2.38 bits per heavy atom. The molecule has 1 saturated heterocycles. The summed E-state index contributed by atoms with van der Waals surface area (Å²) in [6.45, 7) is 1.28. The highest BCUT2D eigenvalue weighted by atomic mass is 16.3. The molecular weight excluding hydrogens is 206 g/mol. The van der Waals surface area contributed by atoms with Gasteiger partial charge in [0.15, 0.2) is 0 Å². The van der Waals surface area contributed by atoms with Gasteiger partial charge in [0.25, 0.3) is 5.91 Å². The third-order valence-electron chi connectivity index (χ3n) is 2.61. The molecule has 1 aliphatic heterocycles. The number of amides is 1. The van der Waals surface area contributed by atoms with E-state index in [0.29, 0.717) is 24.3 Å². The van der Waals surface area contributed by atoms with Crippen LogP contribution in [0.5, 0.6) is 0 Å². The summed E-state index contributed by atoms with van der Waals surface area (Å²) in [5, 5.41) is 17.4. The molecule has 1 aromatic rings. The van der Waals surface area contributed by atoms with Gasteiger partial charge in [0.2, 0.25) is 0 Å². The fourth-order valence-corrected chi connectivity index (χ4v) is 1.60. The second-order valence-electron chi connectivity index (χ2n) is 3.80. The minimum atomic E-state index is -0.144. The minimum absolute atomic E-state index is 0.116. The number of pyridine rings is 1. The van der Waals surface area contributed by atoms with E-state index in [1.165, 1.54) is 6.20 Å². The molecule has 82 valence electrons. The maximum Gasteiger partial charge on any atom is 0.272 e. The van der Waals surface area contributed by atoms with Crippen LogP contribution >= 0.6 is 0 Å². The highest BCUT2D eigenvalue weighted by Gasteiger charge is 2.30. The van der Waals surface area contributed by atoms with E-state index >= 15 is 0 Å². The maximum atomic E-state index is 11.8. The molecule has 0 aliphatic carbocycles. The van der Waals surface area contributed by atoms with Crippen LogP contribution in [0.25, 0.3) is 0 Å². The molecule has 0 saturated carbocycles. The molecule has 0 unspecified atom stereocenters. The van der Waals surface area contributed by atoms with Gasteiger partial charge in [-0.05, 0) is 12.1 Å². The van der Waals surface area contributed by atoms with Crippen molar-refractivity contribution < 1.29 is 9.90 Å². The molecule has 0 atom stereocenters. The predicted molar refractivity (Wildman–Crippen MR) is 55.4 cm³/mol. The number of aliphatic hydroxyl groups is 1. The number of aromatic nitrogens is 1. The van der Waals surface area contributed by atoms with Crippen molar-refractivity contribution in [3.63, 3.8) is 0 Å².